The number of carbonyl (C=O) groups is 1. The number of carbonyl (C=O) groups excluding carboxylic acids is 1. The Hall–Kier alpha value is -1.66. The molecule has 0 aliphatic heterocycles. The van der Waals surface area contributed by atoms with Crippen molar-refractivity contribution in [1.82, 2.24) is 10.6 Å². The molecule has 0 aliphatic carbocycles. The minimum Gasteiger partial charge on any atom is -0.491 e. The molecular weight excluding hydrogens is 263 g/mol. The number of ether oxygens (including phenoxy) is 2. The molecule has 0 radical (unpaired) electrons. The van der Waals surface area contributed by atoms with E-state index in [1.165, 1.54) is 19.2 Å². The average Bonchev–Trinajstić information content (AvgIpc) is 2.46. The zero-order chi connectivity index (χ0) is 14.8. The number of methoxy groups -OCH3 is 1. The third kappa shape index (κ3) is 5.54. The molecule has 1 rings (SSSR count). The van der Waals surface area contributed by atoms with Gasteiger partial charge >= 0.3 is 5.97 Å². The first-order valence-corrected chi connectivity index (χ1v) is 6.61. The van der Waals surface area contributed by atoms with E-state index in [0.717, 1.165) is 25.7 Å². The molecule has 0 heterocycles. The monoisotopic (exact) mass is 284 g/mol. The van der Waals surface area contributed by atoms with Gasteiger partial charge in [-0.15, -0.1) is 0 Å². The number of hydrogen-bond acceptors (Lipinski definition) is 5. The van der Waals surface area contributed by atoms with Gasteiger partial charge in [0.05, 0.1) is 7.11 Å². The molecule has 0 bridgehead atoms. The van der Waals surface area contributed by atoms with Gasteiger partial charge in [0, 0.05) is 19.6 Å². The second kappa shape index (κ2) is 9.28. The van der Waals surface area contributed by atoms with Crippen molar-refractivity contribution in [3.8, 4) is 5.75 Å². The van der Waals surface area contributed by atoms with E-state index in [-0.39, 0.29) is 5.56 Å². The lowest BCUT2D eigenvalue weighted by Crippen LogP contribution is -2.30. The van der Waals surface area contributed by atoms with Gasteiger partial charge in [0.2, 0.25) is 0 Å². The SMILES string of the molecule is CCNCCNCCOc1ccc(F)cc1C(=O)OC. The summed E-state index contributed by atoms with van der Waals surface area (Å²) < 4.78 is 23.2. The number of benzene rings is 1. The molecule has 0 unspecified atom stereocenters. The summed E-state index contributed by atoms with van der Waals surface area (Å²) in [6, 6.07) is 3.79. The molecule has 0 fully saturated rings. The highest BCUT2D eigenvalue weighted by molar-refractivity contribution is 5.92. The van der Waals surface area contributed by atoms with Gasteiger partial charge in [0.25, 0.3) is 0 Å². The molecule has 0 saturated heterocycles. The van der Waals surface area contributed by atoms with Crippen LogP contribution in [0.4, 0.5) is 4.39 Å². The van der Waals surface area contributed by atoms with E-state index in [9.17, 15) is 9.18 Å². The molecule has 0 aliphatic rings. The molecule has 112 valence electrons. The maximum atomic E-state index is 13.1. The number of esters is 1. The van der Waals surface area contributed by atoms with Gasteiger partial charge in [0.1, 0.15) is 23.7 Å². The number of hydrogen-bond donors (Lipinski definition) is 2. The molecule has 2 N–H and O–H groups in total. The van der Waals surface area contributed by atoms with Crippen molar-refractivity contribution in [1.29, 1.82) is 0 Å². The Morgan fingerprint density at radius 2 is 2.00 bits per heavy atom. The second-order valence-corrected chi connectivity index (χ2v) is 4.08. The van der Waals surface area contributed by atoms with Crippen LogP contribution in [-0.4, -0.2) is 45.9 Å². The zero-order valence-electron chi connectivity index (χ0n) is 11.9. The van der Waals surface area contributed by atoms with Crippen LogP contribution in [0.1, 0.15) is 17.3 Å². The average molecular weight is 284 g/mol. The molecule has 0 spiro atoms. The molecule has 0 saturated carbocycles. The van der Waals surface area contributed by atoms with E-state index in [1.54, 1.807) is 0 Å². The highest BCUT2D eigenvalue weighted by Gasteiger charge is 2.14. The fourth-order valence-electron chi connectivity index (χ4n) is 1.61. The van der Waals surface area contributed by atoms with E-state index < -0.39 is 11.8 Å². The number of rotatable bonds is 9. The van der Waals surface area contributed by atoms with Gasteiger partial charge in [-0.25, -0.2) is 9.18 Å². The Morgan fingerprint density at radius 1 is 1.25 bits per heavy atom. The summed E-state index contributed by atoms with van der Waals surface area (Å²) in [5, 5.41) is 6.38. The predicted molar refractivity (Wildman–Crippen MR) is 74.6 cm³/mol. The normalized spacial score (nSPS) is 10.3. The highest BCUT2D eigenvalue weighted by Crippen LogP contribution is 2.20. The summed E-state index contributed by atoms with van der Waals surface area (Å²) in [5.41, 5.74) is 0.0974. The maximum Gasteiger partial charge on any atom is 0.341 e. The molecule has 1 aromatic carbocycles. The minimum absolute atomic E-state index is 0.0974. The first-order valence-electron chi connectivity index (χ1n) is 6.61. The van der Waals surface area contributed by atoms with E-state index in [4.69, 9.17) is 4.74 Å². The molecule has 20 heavy (non-hydrogen) atoms. The van der Waals surface area contributed by atoms with Crippen LogP contribution < -0.4 is 15.4 Å². The van der Waals surface area contributed by atoms with E-state index in [1.807, 2.05) is 6.92 Å². The van der Waals surface area contributed by atoms with Crippen molar-refractivity contribution in [3.05, 3.63) is 29.6 Å². The number of halogens is 1. The van der Waals surface area contributed by atoms with Crippen LogP contribution in [0.25, 0.3) is 0 Å². The van der Waals surface area contributed by atoms with Gasteiger partial charge in [-0.1, -0.05) is 6.92 Å². The standard InChI is InChI=1S/C14H21FN2O3/c1-3-16-6-7-17-8-9-20-13-5-4-11(15)10-12(13)14(18)19-2/h4-5,10,16-17H,3,6-9H2,1-2H3. The Morgan fingerprint density at radius 3 is 2.70 bits per heavy atom. The summed E-state index contributed by atoms with van der Waals surface area (Å²) in [7, 11) is 1.25. The van der Waals surface area contributed by atoms with Crippen LogP contribution in [0, 0.1) is 5.82 Å². The Kier molecular flexibility index (Phi) is 7.60. The summed E-state index contributed by atoms with van der Waals surface area (Å²) in [4.78, 5) is 11.5. The van der Waals surface area contributed by atoms with Gasteiger partial charge in [-0.05, 0) is 24.7 Å². The number of nitrogens with one attached hydrogen (secondary N) is 2. The van der Waals surface area contributed by atoms with E-state index >= 15 is 0 Å². The smallest absolute Gasteiger partial charge is 0.341 e. The van der Waals surface area contributed by atoms with Crippen molar-refractivity contribution in [3.63, 3.8) is 0 Å². The molecular formula is C14H21FN2O3. The first-order chi connectivity index (χ1) is 9.69. The summed E-state index contributed by atoms with van der Waals surface area (Å²) in [6.45, 7) is 5.75. The third-order valence-electron chi connectivity index (χ3n) is 2.61. The fourth-order valence-corrected chi connectivity index (χ4v) is 1.61. The third-order valence-corrected chi connectivity index (χ3v) is 2.61. The lowest BCUT2D eigenvalue weighted by atomic mass is 10.2. The molecule has 1 aromatic rings. The van der Waals surface area contributed by atoms with Crippen molar-refractivity contribution in [2.75, 3.05) is 39.9 Å². The van der Waals surface area contributed by atoms with Gasteiger partial charge in [-0.2, -0.15) is 0 Å². The lowest BCUT2D eigenvalue weighted by Gasteiger charge is -2.11. The lowest BCUT2D eigenvalue weighted by molar-refractivity contribution is 0.0595. The molecule has 0 amide bonds. The molecule has 0 aromatic heterocycles. The summed E-state index contributed by atoms with van der Waals surface area (Å²) in [6.07, 6.45) is 0. The Balaban J connectivity index is 2.41. The van der Waals surface area contributed by atoms with E-state index in [0.29, 0.717) is 18.9 Å². The van der Waals surface area contributed by atoms with Crippen LogP contribution in [0.15, 0.2) is 18.2 Å². The minimum atomic E-state index is -0.611. The first kappa shape index (κ1) is 16.4. The summed E-state index contributed by atoms with van der Waals surface area (Å²) in [5.74, 6) is -0.784. The number of likely N-dealkylation sites (N-methyl/N-ethyl adjacent to an activating group) is 1. The van der Waals surface area contributed by atoms with Crippen molar-refractivity contribution >= 4 is 5.97 Å². The van der Waals surface area contributed by atoms with Crippen LogP contribution in [0.5, 0.6) is 5.75 Å². The van der Waals surface area contributed by atoms with Crippen LogP contribution in [0.2, 0.25) is 0 Å². The van der Waals surface area contributed by atoms with Crippen molar-refractivity contribution < 1.29 is 18.7 Å². The van der Waals surface area contributed by atoms with Gasteiger partial charge in [0.15, 0.2) is 0 Å². The Labute approximate surface area is 118 Å². The molecule has 0 atom stereocenters. The van der Waals surface area contributed by atoms with Crippen LogP contribution >= 0.6 is 0 Å². The predicted octanol–water partition coefficient (Wildman–Crippen LogP) is 1.19. The topological polar surface area (TPSA) is 59.6 Å². The largest absolute Gasteiger partial charge is 0.491 e. The van der Waals surface area contributed by atoms with Gasteiger partial charge in [-0.3, -0.25) is 0 Å². The maximum absolute atomic E-state index is 13.1. The quantitative estimate of drug-likeness (QED) is 0.527. The van der Waals surface area contributed by atoms with E-state index in [2.05, 4.69) is 15.4 Å². The highest BCUT2D eigenvalue weighted by atomic mass is 19.1. The zero-order valence-corrected chi connectivity index (χ0v) is 11.9. The van der Waals surface area contributed by atoms with Crippen molar-refractivity contribution in [2.24, 2.45) is 0 Å². The Bertz CT molecular complexity index is 427. The molecule has 5 nitrogen and oxygen atoms in total. The fraction of sp³-hybridized carbons (Fsp3) is 0.500. The van der Waals surface area contributed by atoms with Crippen LogP contribution in [0.3, 0.4) is 0 Å². The van der Waals surface area contributed by atoms with Gasteiger partial charge < -0.3 is 20.1 Å². The summed E-state index contributed by atoms with van der Waals surface area (Å²) >= 11 is 0. The van der Waals surface area contributed by atoms with Crippen LogP contribution in [-0.2, 0) is 4.74 Å². The van der Waals surface area contributed by atoms with Crippen molar-refractivity contribution in [2.45, 2.75) is 6.92 Å². The molecule has 6 heteroatoms. The second-order valence-electron chi connectivity index (χ2n) is 4.08.